The maximum absolute atomic E-state index is 12.3. The van der Waals surface area contributed by atoms with Crippen LogP contribution in [0, 0.1) is 6.92 Å². The van der Waals surface area contributed by atoms with E-state index in [2.05, 4.69) is 12.6 Å². The van der Waals surface area contributed by atoms with E-state index in [4.69, 9.17) is 16.3 Å². The fourth-order valence-corrected chi connectivity index (χ4v) is 2.98. The van der Waals surface area contributed by atoms with Gasteiger partial charge in [0.05, 0.1) is 17.9 Å². The third kappa shape index (κ3) is 2.83. The summed E-state index contributed by atoms with van der Waals surface area (Å²) in [6.45, 7) is 8.09. The molecule has 0 radical (unpaired) electrons. The number of ether oxygens (including phenoxy) is 1. The number of carbonyl (C=O) groups is 1. The zero-order valence-electron chi connectivity index (χ0n) is 13.7. The fraction of sp³-hybridized carbons (Fsp3) is 0.150. The van der Waals surface area contributed by atoms with Gasteiger partial charge in [0.25, 0.3) is 0 Å². The van der Waals surface area contributed by atoms with Crippen LogP contribution < -0.4 is 0 Å². The van der Waals surface area contributed by atoms with Gasteiger partial charge < -0.3 is 9.14 Å². The summed E-state index contributed by atoms with van der Waals surface area (Å²) < 4.78 is 7.18. The van der Waals surface area contributed by atoms with Crippen molar-refractivity contribution in [2.24, 2.45) is 0 Å². The van der Waals surface area contributed by atoms with Crippen molar-refractivity contribution in [2.75, 3.05) is 6.61 Å². The largest absolute Gasteiger partial charge is 0.462 e. The molecule has 0 atom stereocenters. The lowest BCUT2D eigenvalue weighted by atomic mass is 10.0. The molecule has 3 nitrogen and oxygen atoms in total. The van der Waals surface area contributed by atoms with Crippen LogP contribution >= 0.6 is 11.6 Å². The molecule has 0 aliphatic rings. The van der Waals surface area contributed by atoms with E-state index in [1.165, 1.54) is 0 Å². The van der Waals surface area contributed by atoms with Crippen LogP contribution in [-0.2, 0) is 9.53 Å². The van der Waals surface area contributed by atoms with Crippen LogP contribution in [0.15, 0.2) is 55.1 Å². The van der Waals surface area contributed by atoms with Gasteiger partial charge in [-0.3, -0.25) is 0 Å². The van der Waals surface area contributed by atoms with E-state index in [0.29, 0.717) is 17.2 Å². The topological polar surface area (TPSA) is 30.7 Å². The number of benzene rings is 1. The van der Waals surface area contributed by atoms with Gasteiger partial charge in [-0.15, -0.1) is 0 Å². The summed E-state index contributed by atoms with van der Waals surface area (Å²) in [5.41, 5.74) is 5.02. The first-order chi connectivity index (χ1) is 11.5. The Hall–Kier alpha value is -2.52. The minimum Gasteiger partial charge on any atom is -0.462 e. The highest BCUT2D eigenvalue weighted by atomic mass is 35.5. The standard InChI is InChI=1S/C20H18ClNO2/c1-4-24-20(23)14(3)19-18(15-8-10-16(21)11-9-15)12-17-7-5-6-13(2)22(17)19/h5-12H,3-4H2,1-2H3. The number of rotatable bonds is 4. The molecule has 0 amide bonds. The minimum absolute atomic E-state index is 0.316. The molecule has 0 fully saturated rings. The number of pyridine rings is 1. The van der Waals surface area contributed by atoms with Crippen molar-refractivity contribution in [1.29, 1.82) is 0 Å². The molecule has 24 heavy (non-hydrogen) atoms. The first-order valence-electron chi connectivity index (χ1n) is 7.76. The van der Waals surface area contributed by atoms with E-state index >= 15 is 0 Å². The average molecular weight is 340 g/mol. The highest BCUT2D eigenvalue weighted by Crippen LogP contribution is 2.33. The fourth-order valence-electron chi connectivity index (χ4n) is 2.86. The lowest BCUT2D eigenvalue weighted by Gasteiger charge is -2.11. The van der Waals surface area contributed by atoms with Gasteiger partial charge in [0, 0.05) is 21.8 Å². The number of nitrogens with zero attached hydrogens (tertiary/aromatic N) is 1. The van der Waals surface area contributed by atoms with Crippen LogP contribution in [0.25, 0.3) is 22.2 Å². The molecule has 3 rings (SSSR count). The molecule has 4 heteroatoms. The summed E-state index contributed by atoms with van der Waals surface area (Å²) in [5, 5.41) is 0.671. The van der Waals surface area contributed by atoms with E-state index in [0.717, 1.165) is 28.0 Å². The Kier molecular flexibility index (Phi) is 4.45. The number of hydrogen-bond donors (Lipinski definition) is 0. The Bertz CT molecular complexity index is 923. The van der Waals surface area contributed by atoms with E-state index in [1.54, 1.807) is 6.92 Å². The number of esters is 1. The number of aryl methyl sites for hydroxylation is 1. The van der Waals surface area contributed by atoms with Crippen molar-refractivity contribution in [3.63, 3.8) is 0 Å². The van der Waals surface area contributed by atoms with Crippen molar-refractivity contribution < 1.29 is 9.53 Å². The van der Waals surface area contributed by atoms with Gasteiger partial charge in [-0.05, 0) is 49.7 Å². The van der Waals surface area contributed by atoms with Gasteiger partial charge in [-0.1, -0.05) is 36.4 Å². The molecule has 0 bridgehead atoms. The van der Waals surface area contributed by atoms with Gasteiger partial charge in [0.15, 0.2) is 0 Å². The molecule has 122 valence electrons. The van der Waals surface area contributed by atoms with Crippen LogP contribution in [0.4, 0.5) is 0 Å². The minimum atomic E-state index is -0.407. The second kappa shape index (κ2) is 6.54. The van der Waals surface area contributed by atoms with Gasteiger partial charge in [0.2, 0.25) is 0 Å². The number of carbonyl (C=O) groups excluding carboxylic acids is 1. The summed E-state index contributed by atoms with van der Waals surface area (Å²) in [5.74, 6) is -0.407. The van der Waals surface area contributed by atoms with Crippen LogP contribution in [0.3, 0.4) is 0 Å². The molecule has 0 N–H and O–H groups in total. The van der Waals surface area contributed by atoms with Crippen LogP contribution in [0.5, 0.6) is 0 Å². The Balaban J connectivity index is 2.27. The van der Waals surface area contributed by atoms with E-state index in [9.17, 15) is 4.79 Å². The highest BCUT2D eigenvalue weighted by Gasteiger charge is 2.21. The van der Waals surface area contributed by atoms with E-state index in [-0.39, 0.29) is 0 Å². The number of hydrogen-bond acceptors (Lipinski definition) is 2. The lowest BCUT2D eigenvalue weighted by molar-refractivity contribution is -0.136. The van der Waals surface area contributed by atoms with Crippen LogP contribution in [0.1, 0.15) is 18.3 Å². The van der Waals surface area contributed by atoms with Gasteiger partial charge in [-0.2, -0.15) is 0 Å². The molecule has 0 aliphatic carbocycles. The van der Waals surface area contributed by atoms with Crippen LogP contribution in [-0.4, -0.2) is 17.0 Å². The molecular weight excluding hydrogens is 322 g/mol. The molecule has 2 aromatic heterocycles. The first kappa shape index (κ1) is 16.3. The smallest absolute Gasteiger partial charge is 0.339 e. The van der Waals surface area contributed by atoms with Crippen molar-refractivity contribution >= 4 is 28.7 Å². The van der Waals surface area contributed by atoms with Gasteiger partial charge in [0.1, 0.15) is 0 Å². The molecular formula is C20H18ClNO2. The normalized spacial score (nSPS) is 10.8. The summed E-state index contributed by atoms with van der Waals surface area (Å²) >= 11 is 6.00. The molecule has 3 aromatic rings. The van der Waals surface area contributed by atoms with Crippen molar-refractivity contribution in [1.82, 2.24) is 4.40 Å². The third-order valence-corrected chi connectivity index (χ3v) is 4.20. The molecule has 0 unspecified atom stereocenters. The summed E-state index contributed by atoms with van der Waals surface area (Å²) in [7, 11) is 0. The average Bonchev–Trinajstić information content (AvgIpc) is 2.96. The second-order valence-electron chi connectivity index (χ2n) is 5.54. The lowest BCUT2D eigenvalue weighted by Crippen LogP contribution is -2.09. The Labute approximate surface area is 146 Å². The zero-order chi connectivity index (χ0) is 17.3. The van der Waals surface area contributed by atoms with E-state index in [1.807, 2.05) is 53.8 Å². The summed E-state index contributed by atoms with van der Waals surface area (Å²) in [6, 6.07) is 15.6. The monoisotopic (exact) mass is 339 g/mol. The van der Waals surface area contributed by atoms with Crippen molar-refractivity contribution in [3.05, 3.63) is 71.5 Å². The van der Waals surface area contributed by atoms with Gasteiger partial charge >= 0.3 is 5.97 Å². The predicted molar refractivity (Wildman–Crippen MR) is 98.2 cm³/mol. The van der Waals surface area contributed by atoms with Crippen molar-refractivity contribution in [3.8, 4) is 11.1 Å². The Morgan fingerprint density at radius 3 is 2.58 bits per heavy atom. The second-order valence-corrected chi connectivity index (χ2v) is 5.98. The van der Waals surface area contributed by atoms with E-state index < -0.39 is 5.97 Å². The molecule has 2 heterocycles. The van der Waals surface area contributed by atoms with Gasteiger partial charge in [-0.25, -0.2) is 4.79 Å². The maximum Gasteiger partial charge on any atom is 0.339 e. The summed E-state index contributed by atoms with van der Waals surface area (Å²) in [4.78, 5) is 12.3. The molecule has 0 spiro atoms. The molecule has 1 aromatic carbocycles. The number of halogens is 1. The third-order valence-electron chi connectivity index (χ3n) is 3.95. The molecule has 0 saturated heterocycles. The number of aromatic nitrogens is 1. The van der Waals surface area contributed by atoms with Crippen molar-refractivity contribution in [2.45, 2.75) is 13.8 Å². The summed E-state index contributed by atoms with van der Waals surface area (Å²) in [6.07, 6.45) is 0. The molecule has 0 saturated carbocycles. The van der Waals surface area contributed by atoms with Crippen LogP contribution in [0.2, 0.25) is 5.02 Å². The Morgan fingerprint density at radius 1 is 1.21 bits per heavy atom. The first-order valence-corrected chi connectivity index (χ1v) is 8.14. The highest BCUT2D eigenvalue weighted by molar-refractivity contribution is 6.30. The Morgan fingerprint density at radius 2 is 1.92 bits per heavy atom. The molecule has 0 aliphatic heterocycles. The predicted octanol–water partition coefficient (Wildman–Crippen LogP) is 5.14. The number of fused-ring (bicyclic) bond motifs is 1. The quantitative estimate of drug-likeness (QED) is 0.486. The zero-order valence-corrected chi connectivity index (χ0v) is 14.4. The SMILES string of the molecule is C=C(C(=O)OCC)c1c(-c2ccc(Cl)cc2)cc2cccc(C)n12. The maximum atomic E-state index is 12.3.